The number of carbonyl (C=O) groups is 3. The maximum Gasteiger partial charge on any atom is 0.225 e. The van der Waals surface area contributed by atoms with E-state index in [1.165, 1.54) is 0 Å². The van der Waals surface area contributed by atoms with Gasteiger partial charge in [0.2, 0.25) is 11.8 Å². The normalized spacial score (nSPS) is 14.3. The summed E-state index contributed by atoms with van der Waals surface area (Å²) in [7, 11) is 1.60. The number of ketones is 1. The molecule has 1 heterocycles. The van der Waals surface area contributed by atoms with E-state index in [1.807, 2.05) is 68.6 Å². The van der Waals surface area contributed by atoms with Crippen LogP contribution in [0.1, 0.15) is 53.0 Å². The summed E-state index contributed by atoms with van der Waals surface area (Å²) >= 11 is 3.26. The molecule has 0 spiro atoms. The third-order valence-electron chi connectivity index (χ3n) is 5.75. The van der Waals surface area contributed by atoms with Gasteiger partial charge in [-0.2, -0.15) is 0 Å². The van der Waals surface area contributed by atoms with Crippen LogP contribution < -0.4 is 10.6 Å². The van der Waals surface area contributed by atoms with E-state index in [2.05, 4.69) is 24.5 Å². The molecule has 7 heteroatoms. The molecule has 0 unspecified atom stereocenters. The lowest BCUT2D eigenvalue weighted by atomic mass is 9.78. The van der Waals surface area contributed by atoms with Crippen molar-refractivity contribution in [3.8, 4) is 0 Å². The number of carbonyl (C=O) groups excluding carboxylic acids is 3. The highest BCUT2D eigenvalue weighted by molar-refractivity contribution is 8.01. The van der Waals surface area contributed by atoms with Crippen LogP contribution in [0.4, 0.5) is 0 Å². The fourth-order valence-electron chi connectivity index (χ4n) is 4.14. The minimum atomic E-state index is -0.474. The van der Waals surface area contributed by atoms with Crippen LogP contribution in [-0.2, 0) is 20.8 Å². The number of hydrogen-bond donors (Lipinski definition) is 2. The molecule has 0 saturated carbocycles. The van der Waals surface area contributed by atoms with Crippen LogP contribution in [0.3, 0.4) is 0 Å². The van der Waals surface area contributed by atoms with Gasteiger partial charge in [0.1, 0.15) is 5.78 Å². The van der Waals surface area contributed by atoms with E-state index < -0.39 is 23.3 Å². The van der Waals surface area contributed by atoms with Crippen molar-refractivity contribution in [3.63, 3.8) is 0 Å². The van der Waals surface area contributed by atoms with Gasteiger partial charge in [0.25, 0.3) is 0 Å². The summed E-state index contributed by atoms with van der Waals surface area (Å²) in [5.74, 6) is -0.882. The number of Topliss-reactive ketones (excluding diaryl/α,β-unsaturated/α-hetero) is 1. The first-order chi connectivity index (χ1) is 16.5. The van der Waals surface area contributed by atoms with Gasteiger partial charge in [-0.15, -0.1) is 23.1 Å². The Morgan fingerprint density at radius 3 is 2.20 bits per heavy atom. The monoisotopic (exact) mass is 516 g/mol. The van der Waals surface area contributed by atoms with Gasteiger partial charge < -0.3 is 10.6 Å². The van der Waals surface area contributed by atoms with Crippen LogP contribution in [0.15, 0.2) is 52.1 Å². The third kappa shape index (κ3) is 10.2. The summed E-state index contributed by atoms with van der Waals surface area (Å²) in [5.41, 5.74) is 0.622. The van der Waals surface area contributed by atoms with Crippen molar-refractivity contribution >= 4 is 40.7 Å². The van der Waals surface area contributed by atoms with E-state index in [9.17, 15) is 14.4 Å². The van der Waals surface area contributed by atoms with Gasteiger partial charge in [0.05, 0.1) is 10.1 Å². The van der Waals surface area contributed by atoms with Crippen LogP contribution >= 0.6 is 23.1 Å². The molecule has 35 heavy (non-hydrogen) atoms. The summed E-state index contributed by atoms with van der Waals surface area (Å²) in [4.78, 5) is 40.0. The summed E-state index contributed by atoms with van der Waals surface area (Å²) in [6.45, 7) is 10.0. The molecule has 0 fully saturated rings. The van der Waals surface area contributed by atoms with E-state index in [0.717, 1.165) is 9.77 Å². The molecule has 0 radical (unpaired) electrons. The predicted molar refractivity (Wildman–Crippen MR) is 147 cm³/mol. The first-order valence-electron chi connectivity index (χ1n) is 12.3. The summed E-state index contributed by atoms with van der Waals surface area (Å²) < 4.78 is 1.13. The summed E-state index contributed by atoms with van der Waals surface area (Å²) in [6, 6.07) is 13.8. The Kier molecular flexibility index (Phi) is 11.5. The standard InChI is InChI=1S/C28H40N2O3S2/c1-19(2)15-22(23(27(33)30-28(3,4)5)18-35-25-13-10-14-34-25)24(31)17-21(26(32)29-6)16-20-11-8-7-9-12-20/h7-14,19,21-23H,15-18H2,1-6H3,(H,29,32)(H,30,33)/t21-,22-,23+/m1/s1. The maximum absolute atomic E-state index is 13.8. The zero-order valence-electron chi connectivity index (χ0n) is 21.8. The molecule has 2 N–H and O–H groups in total. The molecule has 0 aliphatic carbocycles. The highest BCUT2D eigenvalue weighted by Gasteiger charge is 2.37. The van der Waals surface area contributed by atoms with Crippen molar-refractivity contribution in [1.82, 2.24) is 10.6 Å². The minimum absolute atomic E-state index is 0.0101. The first kappa shape index (κ1) is 29.1. The molecule has 0 bridgehead atoms. The van der Waals surface area contributed by atoms with Gasteiger partial charge >= 0.3 is 0 Å². The molecule has 0 saturated heterocycles. The molecule has 2 amide bonds. The van der Waals surface area contributed by atoms with Crippen molar-refractivity contribution in [2.75, 3.05) is 12.8 Å². The molecule has 192 valence electrons. The number of nitrogens with one attached hydrogen (secondary N) is 2. The molecule has 2 aromatic rings. The van der Waals surface area contributed by atoms with E-state index in [1.54, 1.807) is 30.1 Å². The molecular formula is C28H40N2O3S2. The second-order valence-corrected chi connectivity index (χ2v) is 12.8. The zero-order chi connectivity index (χ0) is 26.0. The fourth-order valence-corrected chi connectivity index (χ4v) is 6.13. The highest BCUT2D eigenvalue weighted by Crippen LogP contribution is 2.33. The number of hydrogen-bond acceptors (Lipinski definition) is 5. The third-order valence-corrected chi connectivity index (χ3v) is 8.00. The highest BCUT2D eigenvalue weighted by atomic mass is 32.2. The number of thiophene rings is 1. The van der Waals surface area contributed by atoms with Gasteiger partial charge in [-0.25, -0.2) is 0 Å². The van der Waals surface area contributed by atoms with Crippen LogP contribution in [0.5, 0.6) is 0 Å². The molecule has 1 aromatic heterocycles. The molecular weight excluding hydrogens is 476 g/mol. The van der Waals surface area contributed by atoms with E-state index in [-0.39, 0.29) is 29.9 Å². The first-order valence-corrected chi connectivity index (χ1v) is 14.1. The van der Waals surface area contributed by atoms with Gasteiger partial charge in [-0.05, 0) is 56.5 Å². The molecule has 0 aliphatic heterocycles. The van der Waals surface area contributed by atoms with Gasteiger partial charge in [-0.3, -0.25) is 14.4 Å². The molecule has 0 aliphatic rings. The van der Waals surface area contributed by atoms with Crippen LogP contribution in [0.2, 0.25) is 0 Å². The van der Waals surface area contributed by atoms with Gasteiger partial charge in [0.15, 0.2) is 0 Å². The Morgan fingerprint density at radius 1 is 0.971 bits per heavy atom. The topological polar surface area (TPSA) is 75.3 Å². The fraction of sp³-hybridized carbons (Fsp3) is 0.536. The van der Waals surface area contributed by atoms with E-state index in [0.29, 0.717) is 18.6 Å². The Bertz CT molecular complexity index is 937. The molecule has 2 rings (SSSR count). The quantitative estimate of drug-likeness (QED) is 0.340. The lowest BCUT2D eigenvalue weighted by molar-refractivity contribution is -0.136. The predicted octanol–water partition coefficient (Wildman–Crippen LogP) is 5.60. The molecule has 3 atom stereocenters. The summed E-state index contributed by atoms with van der Waals surface area (Å²) in [6.07, 6.45) is 1.22. The maximum atomic E-state index is 13.8. The average molecular weight is 517 g/mol. The SMILES string of the molecule is CNC(=O)[C@@H](CC(=O)[C@H](CC(C)C)[C@H](CSc1cccs1)C(=O)NC(C)(C)C)Cc1ccccc1. The number of rotatable bonds is 13. The Labute approximate surface area is 218 Å². The van der Waals surface area contributed by atoms with Crippen LogP contribution in [-0.4, -0.2) is 35.9 Å². The van der Waals surface area contributed by atoms with Crippen molar-refractivity contribution in [3.05, 3.63) is 53.4 Å². The van der Waals surface area contributed by atoms with E-state index in [4.69, 9.17) is 0 Å². The zero-order valence-corrected chi connectivity index (χ0v) is 23.4. The lowest BCUT2D eigenvalue weighted by Gasteiger charge is -2.31. The second-order valence-electron chi connectivity index (χ2n) is 10.5. The second kappa shape index (κ2) is 13.8. The Hall–Kier alpha value is -2.12. The molecule has 5 nitrogen and oxygen atoms in total. The van der Waals surface area contributed by atoms with Crippen LogP contribution in [0.25, 0.3) is 0 Å². The number of amides is 2. The minimum Gasteiger partial charge on any atom is -0.359 e. The van der Waals surface area contributed by atoms with Crippen molar-refractivity contribution in [2.45, 2.75) is 63.6 Å². The lowest BCUT2D eigenvalue weighted by Crippen LogP contribution is -2.48. The van der Waals surface area contributed by atoms with Crippen molar-refractivity contribution < 1.29 is 14.4 Å². The van der Waals surface area contributed by atoms with E-state index >= 15 is 0 Å². The van der Waals surface area contributed by atoms with Gasteiger partial charge in [0, 0.05) is 36.6 Å². The average Bonchev–Trinajstić information content (AvgIpc) is 3.30. The largest absolute Gasteiger partial charge is 0.359 e. The Balaban J connectivity index is 2.31. The number of benzene rings is 1. The van der Waals surface area contributed by atoms with Crippen molar-refractivity contribution in [1.29, 1.82) is 0 Å². The Morgan fingerprint density at radius 2 is 1.66 bits per heavy atom. The van der Waals surface area contributed by atoms with Gasteiger partial charge in [-0.1, -0.05) is 50.2 Å². The van der Waals surface area contributed by atoms with Crippen LogP contribution in [0, 0.1) is 23.7 Å². The smallest absolute Gasteiger partial charge is 0.225 e. The summed E-state index contributed by atoms with van der Waals surface area (Å²) in [5, 5.41) is 7.84. The molecule has 1 aromatic carbocycles. The van der Waals surface area contributed by atoms with Crippen molar-refractivity contribution in [2.24, 2.45) is 23.7 Å². The number of thioether (sulfide) groups is 1.